The van der Waals surface area contributed by atoms with E-state index in [1.54, 1.807) is 6.07 Å². The van der Waals surface area contributed by atoms with Crippen LogP contribution < -0.4 is 0 Å². The third-order valence-electron chi connectivity index (χ3n) is 2.83. The van der Waals surface area contributed by atoms with Crippen molar-refractivity contribution >= 4 is 9.84 Å². The van der Waals surface area contributed by atoms with Gasteiger partial charge in [0.1, 0.15) is 5.82 Å². The second kappa shape index (κ2) is 3.56. The number of nitriles is 1. The zero-order valence-corrected chi connectivity index (χ0v) is 9.41. The molecule has 0 amide bonds. The number of hydrogen-bond acceptors (Lipinski definition) is 3. The molecule has 0 aliphatic heterocycles. The quantitative estimate of drug-likeness (QED) is 0.785. The minimum absolute atomic E-state index is 0.379. The summed E-state index contributed by atoms with van der Waals surface area (Å²) >= 11 is 0. The zero-order chi connectivity index (χ0) is 11.9. The molecule has 0 unspecified atom stereocenters. The van der Waals surface area contributed by atoms with Gasteiger partial charge in [-0.2, -0.15) is 5.26 Å². The summed E-state index contributed by atoms with van der Waals surface area (Å²) in [6.45, 7) is 0. The lowest BCUT2D eigenvalue weighted by atomic mass is 10.1. The van der Waals surface area contributed by atoms with E-state index in [0.29, 0.717) is 5.56 Å². The third-order valence-corrected chi connectivity index (χ3v) is 4.41. The Morgan fingerprint density at radius 3 is 2.56 bits per heavy atom. The molecule has 1 aromatic rings. The second-order valence-electron chi connectivity index (χ2n) is 4.03. The van der Waals surface area contributed by atoms with Crippen LogP contribution in [-0.4, -0.2) is 19.9 Å². The molecule has 0 spiro atoms. The molecule has 0 aromatic heterocycles. The summed E-state index contributed by atoms with van der Waals surface area (Å²) < 4.78 is 35.8. The van der Waals surface area contributed by atoms with Crippen molar-refractivity contribution in [2.24, 2.45) is 5.92 Å². The van der Waals surface area contributed by atoms with E-state index in [2.05, 4.69) is 0 Å². The number of rotatable bonds is 2. The Morgan fingerprint density at radius 1 is 1.44 bits per heavy atom. The monoisotopic (exact) mass is 239 g/mol. The van der Waals surface area contributed by atoms with Crippen LogP contribution >= 0.6 is 0 Å². The average Bonchev–Trinajstić information content (AvgIpc) is 2.91. The van der Waals surface area contributed by atoms with E-state index in [1.807, 2.05) is 6.07 Å². The van der Waals surface area contributed by atoms with Gasteiger partial charge in [-0.1, -0.05) is 12.1 Å². The molecule has 0 radical (unpaired) electrons. The number of nitrogens with zero attached hydrogens (tertiary/aromatic N) is 1. The van der Waals surface area contributed by atoms with Gasteiger partial charge in [-0.25, -0.2) is 12.8 Å². The van der Waals surface area contributed by atoms with Gasteiger partial charge >= 0.3 is 0 Å². The molecule has 5 heteroatoms. The lowest BCUT2D eigenvalue weighted by Crippen LogP contribution is -2.06. The molecule has 1 aliphatic rings. The van der Waals surface area contributed by atoms with E-state index < -0.39 is 26.8 Å². The van der Waals surface area contributed by atoms with E-state index in [1.165, 1.54) is 18.2 Å². The van der Waals surface area contributed by atoms with Gasteiger partial charge in [0, 0.05) is 12.2 Å². The number of halogens is 1. The van der Waals surface area contributed by atoms with Gasteiger partial charge in [-0.05, 0) is 17.7 Å². The molecule has 1 aliphatic carbocycles. The van der Waals surface area contributed by atoms with E-state index in [9.17, 15) is 12.8 Å². The fourth-order valence-corrected chi connectivity index (χ4v) is 3.61. The van der Waals surface area contributed by atoms with Crippen LogP contribution in [0.25, 0.3) is 0 Å². The molecule has 16 heavy (non-hydrogen) atoms. The molecule has 1 fully saturated rings. The van der Waals surface area contributed by atoms with E-state index in [0.717, 1.165) is 6.26 Å². The molecule has 3 atom stereocenters. The summed E-state index contributed by atoms with van der Waals surface area (Å²) in [5, 5.41) is 8.15. The van der Waals surface area contributed by atoms with Crippen LogP contribution in [0.5, 0.6) is 0 Å². The van der Waals surface area contributed by atoms with Gasteiger partial charge < -0.3 is 0 Å². The zero-order valence-electron chi connectivity index (χ0n) is 8.59. The van der Waals surface area contributed by atoms with Gasteiger partial charge in [0.15, 0.2) is 9.84 Å². The Balaban J connectivity index is 2.35. The maximum absolute atomic E-state index is 13.0. The van der Waals surface area contributed by atoms with Crippen LogP contribution in [-0.2, 0) is 9.84 Å². The Hall–Kier alpha value is -1.41. The highest BCUT2D eigenvalue weighted by atomic mass is 32.2. The maximum atomic E-state index is 13.0. The van der Waals surface area contributed by atoms with Gasteiger partial charge in [0.2, 0.25) is 0 Å². The smallest absolute Gasteiger partial charge is 0.152 e. The van der Waals surface area contributed by atoms with Crippen LogP contribution in [0.15, 0.2) is 24.3 Å². The Kier molecular flexibility index (Phi) is 2.47. The van der Waals surface area contributed by atoms with Crippen LogP contribution in [0.2, 0.25) is 0 Å². The number of sulfone groups is 1. The van der Waals surface area contributed by atoms with Crippen molar-refractivity contribution in [1.82, 2.24) is 0 Å². The van der Waals surface area contributed by atoms with Crippen LogP contribution in [0.3, 0.4) is 0 Å². The summed E-state index contributed by atoms with van der Waals surface area (Å²) in [5.74, 6) is -1.33. The maximum Gasteiger partial charge on any atom is 0.152 e. The van der Waals surface area contributed by atoms with Crippen LogP contribution in [0.4, 0.5) is 4.39 Å². The standard InChI is InChI=1S/C11H10FNO2S/c1-16(14,15)11-9(6-13)10(11)7-3-2-4-8(12)5-7/h2-5,9-11H,1H3/t9-,10+,11-/m1/s1. The molecule has 0 N–H and O–H groups in total. The van der Waals surface area contributed by atoms with Crippen molar-refractivity contribution in [2.75, 3.05) is 6.26 Å². The Morgan fingerprint density at radius 2 is 2.12 bits per heavy atom. The predicted octanol–water partition coefficient (Wildman–Crippen LogP) is 1.48. The highest BCUT2D eigenvalue weighted by molar-refractivity contribution is 7.91. The minimum Gasteiger partial charge on any atom is -0.229 e. The molecule has 2 rings (SSSR count). The normalized spacial score (nSPS) is 28.4. The summed E-state index contributed by atoms with van der Waals surface area (Å²) in [6.07, 6.45) is 1.11. The fourth-order valence-electron chi connectivity index (χ4n) is 2.08. The van der Waals surface area contributed by atoms with Crippen molar-refractivity contribution in [3.05, 3.63) is 35.6 Å². The van der Waals surface area contributed by atoms with E-state index >= 15 is 0 Å². The predicted molar refractivity (Wildman–Crippen MR) is 56.9 cm³/mol. The average molecular weight is 239 g/mol. The highest BCUT2D eigenvalue weighted by Gasteiger charge is 2.57. The Labute approximate surface area is 93.4 Å². The number of hydrogen-bond donors (Lipinski definition) is 0. The molecule has 0 heterocycles. The fraction of sp³-hybridized carbons (Fsp3) is 0.364. The molecule has 1 saturated carbocycles. The van der Waals surface area contributed by atoms with E-state index in [-0.39, 0.29) is 5.92 Å². The van der Waals surface area contributed by atoms with Crippen LogP contribution in [0, 0.1) is 23.1 Å². The van der Waals surface area contributed by atoms with Crippen LogP contribution in [0.1, 0.15) is 11.5 Å². The molecular weight excluding hydrogens is 229 g/mol. The van der Waals surface area contributed by atoms with Gasteiger partial charge in [-0.15, -0.1) is 0 Å². The first-order valence-electron chi connectivity index (χ1n) is 4.79. The topological polar surface area (TPSA) is 57.9 Å². The largest absolute Gasteiger partial charge is 0.229 e. The highest BCUT2D eigenvalue weighted by Crippen LogP contribution is 2.51. The summed E-state index contributed by atoms with van der Waals surface area (Å²) in [7, 11) is -3.25. The summed E-state index contributed by atoms with van der Waals surface area (Å²) in [5.41, 5.74) is 0.585. The first kappa shape index (κ1) is 11.1. The molecule has 0 bridgehead atoms. The first-order chi connectivity index (χ1) is 7.45. The summed E-state index contributed by atoms with van der Waals surface area (Å²) in [6, 6.07) is 7.73. The lowest BCUT2D eigenvalue weighted by Gasteiger charge is -1.98. The molecule has 84 valence electrons. The first-order valence-corrected chi connectivity index (χ1v) is 6.74. The van der Waals surface area contributed by atoms with Crippen molar-refractivity contribution in [3.8, 4) is 6.07 Å². The molecule has 1 aromatic carbocycles. The second-order valence-corrected chi connectivity index (χ2v) is 6.23. The SMILES string of the molecule is CS(=O)(=O)[C@@H]1[C@H](C#N)[C@@H]1c1cccc(F)c1. The van der Waals surface area contributed by atoms with Crippen molar-refractivity contribution in [3.63, 3.8) is 0 Å². The minimum atomic E-state index is -3.25. The van der Waals surface area contributed by atoms with Gasteiger partial charge in [0.05, 0.1) is 17.2 Å². The molecule has 3 nitrogen and oxygen atoms in total. The Bertz CT molecular complexity index is 562. The number of benzene rings is 1. The van der Waals surface area contributed by atoms with Crippen molar-refractivity contribution in [1.29, 1.82) is 5.26 Å². The third kappa shape index (κ3) is 1.81. The van der Waals surface area contributed by atoms with E-state index in [4.69, 9.17) is 5.26 Å². The lowest BCUT2D eigenvalue weighted by molar-refractivity contribution is 0.598. The van der Waals surface area contributed by atoms with Crippen molar-refractivity contribution in [2.45, 2.75) is 11.2 Å². The summed E-state index contributed by atoms with van der Waals surface area (Å²) in [4.78, 5) is 0. The van der Waals surface area contributed by atoms with Gasteiger partial charge in [0.25, 0.3) is 0 Å². The molecular formula is C11H10FNO2S. The van der Waals surface area contributed by atoms with Crippen molar-refractivity contribution < 1.29 is 12.8 Å². The molecule has 0 saturated heterocycles. The van der Waals surface area contributed by atoms with Gasteiger partial charge in [-0.3, -0.25) is 0 Å².